The maximum absolute atomic E-state index is 12.1. The summed E-state index contributed by atoms with van der Waals surface area (Å²) in [7, 11) is 0. The van der Waals surface area contributed by atoms with Crippen molar-refractivity contribution >= 4 is 23.2 Å². The number of benzene rings is 1. The zero-order valence-corrected chi connectivity index (χ0v) is 12.0. The van der Waals surface area contributed by atoms with Gasteiger partial charge in [-0.1, -0.05) is 12.2 Å². The van der Waals surface area contributed by atoms with Crippen LogP contribution in [0, 0.1) is 11.8 Å². The quantitative estimate of drug-likeness (QED) is 0.833. The van der Waals surface area contributed by atoms with E-state index in [1.165, 1.54) is 0 Å². The van der Waals surface area contributed by atoms with E-state index in [9.17, 15) is 9.59 Å². The van der Waals surface area contributed by atoms with E-state index in [4.69, 9.17) is 0 Å². The highest BCUT2D eigenvalue weighted by molar-refractivity contribution is 5.95. The second-order valence-corrected chi connectivity index (χ2v) is 5.80. The molecule has 1 fully saturated rings. The van der Waals surface area contributed by atoms with Crippen LogP contribution < -0.4 is 10.6 Å². The summed E-state index contributed by atoms with van der Waals surface area (Å²) in [6, 6.07) is 7.30. The molecule has 1 aromatic carbocycles. The van der Waals surface area contributed by atoms with Crippen molar-refractivity contribution in [2.24, 2.45) is 11.8 Å². The standard InChI is InChI=1S/C17H20N2O2/c20-16(12-4-2-1-3-5-12)18-14-8-10-15(11-9-14)19-17(21)13-6-7-13/h2,4,8-13H,1,3,5-7H2,(H,18,20)(H,19,21). The van der Waals surface area contributed by atoms with Gasteiger partial charge in [-0.2, -0.15) is 0 Å². The van der Waals surface area contributed by atoms with Crippen LogP contribution in [0.3, 0.4) is 0 Å². The van der Waals surface area contributed by atoms with Gasteiger partial charge >= 0.3 is 0 Å². The van der Waals surface area contributed by atoms with Crippen molar-refractivity contribution in [2.45, 2.75) is 32.1 Å². The molecule has 2 aliphatic rings. The van der Waals surface area contributed by atoms with Crippen LogP contribution in [0.25, 0.3) is 0 Å². The summed E-state index contributed by atoms with van der Waals surface area (Å²) in [5, 5.41) is 5.81. The lowest BCUT2D eigenvalue weighted by atomic mass is 9.95. The molecular weight excluding hydrogens is 264 g/mol. The van der Waals surface area contributed by atoms with Gasteiger partial charge in [-0.25, -0.2) is 0 Å². The number of carbonyl (C=O) groups excluding carboxylic acids is 2. The number of hydrogen-bond donors (Lipinski definition) is 2. The molecule has 1 unspecified atom stereocenters. The molecule has 3 rings (SSSR count). The van der Waals surface area contributed by atoms with Crippen LogP contribution in [-0.4, -0.2) is 11.8 Å². The Kier molecular flexibility index (Phi) is 4.04. The molecule has 4 heteroatoms. The molecule has 2 aliphatic carbocycles. The van der Waals surface area contributed by atoms with Gasteiger partial charge in [0.1, 0.15) is 0 Å². The molecule has 0 heterocycles. The minimum atomic E-state index is -0.0204. The Bertz CT molecular complexity index is 559. The van der Waals surface area contributed by atoms with Crippen molar-refractivity contribution in [2.75, 3.05) is 10.6 Å². The Morgan fingerprint density at radius 3 is 2.05 bits per heavy atom. The fourth-order valence-electron chi connectivity index (χ4n) is 2.49. The first-order valence-electron chi connectivity index (χ1n) is 7.61. The fraction of sp³-hybridized carbons (Fsp3) is 0.412. The first-order valence-corrected chi connectivity index (χ1v) is 7.61. The smallest absolute Gasteiger partial charge is 0.231 e. The summed E-state index contributed by atoms with van der Waals surface area (Å²) >= 11 is 0. The highest BCUT2D eigenvalue weighted by Gasteiger charge is 2.29. The predicted octanol–water partition coefficient (Wildman–Crippen LogP) is 3.33. The van der Waals surface area contributed by atoms with E-state index in [0.717, 1.165) is 43.5 Å². The third-order valence-electron chi connectivity index (χ3n) is 3.96. The van der Waals surface area contributed by atoms with Gasteiger partial charge in [0.15, 0.2) is 0 Å². The largest absolute Gasteiger partial charge is 0.326 e. The summed E-state index contributed by atoms with van der Waals surface area (Å²) in [6.07, 6.45) is 9.11. The Morgan fingerprint density at radius 2 is 1.52 bits per heavy atom. The van der Waals surface area contributed by atoms with E-state index in [1.807, 2.05) is 30.3 Å². The van der Waals surface area contributed by atoms with Gasteiger partial charge in [0, 0.05) is 17.3 Å². The number of rotatable bonds is 4. The Labute approximate surface area is 124 Å². The van der Waals surface area contributed by atoms with Crippen LogP contribution in [0.1, 0.15) is 32.1 Å². The third kappa shape index (κ3) is 3.72. The predicted molar refractivity (Wildman–Crippen MR) is 82.9 cm³/mol. The lowest BCUT2D eigenvalue weighted by Gasteiger charge is -2.16. The van der Waals surface area contributed by atoms with Gasteiger partial charge in [-0.05, 0) is 56.4 Å². The average Bonchev–Trinajstić information content (AvgIpc) is 3.35. The Hall–Kier alpha value is -2.10. The molecular formula is C17H20N2O2. The molecule has 0 spiro atoms. The van der Waals surface area contributed by atoms with Crippen molar-refractivity contribution in [3.8, 4) is 0 Å². The van der Waals surface area contributed by atoms with E-state index in [1.54, 1.807) is 0 Å². The molecule has 1 atom stereocenters. The SMILES string of the molecule is O=C(Nc1ccc(NC(=O)C2CC2)cc1)C1C=CCCC1. The summed E-state index contributed by atoms with van der Waals surface area (Å²) in [5.74, 6) is 0.315. The molecule has 0 radical (unpaired) electrons. The van der Waals surface area contributed by atoms with E-state index >= 15 is 0 Å². The number of amides is 2. The molecule has 4 nitrogen and oxygen atoms in total. The van der Waals surface area contributed by atoms with Gasteiger partial charge in [0.25, 0.3) is 0 Å². The lowest BCUT2D eigenvalue weighted by molar-refractivity contribution is -0.119. The van der Waals surface area contributed by atoms with Gasteiger partial charge < -0.3 is 10.6 Å². The van der Waals surface area contributed by atoms with Crippen molar-refractivity contribution in [1.82, 2.24) is 0 Å². The number of nitrogens with one attached hydrogen (secondary N) is 2. The topological polar surface area (TPSA) is 58.2 Å². The molecule has 0 aromatic heterocycles. The van der Waals surface area contributed by atoms with Gasteiger partial charge in [0.05, 0.1) is 5.92 Å². The molecule has 0 bridgehead atoms. The molecule has 0 saturated heterocycles. The summed E-state index contributed by atoms with van der Waals surface area (Å²) < 4.78 is 0. The molecule has 2 amide bonds. The fourth-order valence-corrected chi connectivity index (χ4v) is 2.49. The van der Waals surface area contributed by atoms with E-state index in [2.05, 4.69) is 16.7 Å². The first kappa shape index (κ1) is 13.9. The van der Waals surface area contributed by atoms with Crippen molar-refractivity contribution < 1.29 is 9.59 Å². The third-order valence-corrected chi connectivity index (χ3v) is 3.96. The zero-order valence-electron chi connectivity index (χ0n) is 12.0. The van der Waals surface area contributed by atoms with E-state index < -0.39 is 0 Å². The summed E-state index contributed by atoms with van der Waals surface area (Å²) in [6.45, 7) is 0. The molecule has 2 N–H and O–H groups in total. The molecule has 1 saturated carbocycles. The summed E-state index contributed by atoms with van der Waals surface area (Å²) in [4.78, 5) is 23.8. The first-order chi connectivity index (χ1) is 10.2. The van der Waals surface area contributed by atoms with Crippen LogP contribution in [0.5, 0.6) is 0 Å². The van der Waals surface area contributed by atoms with Crippen LogP contribution in [-0.2, 0) is 9.59 Å². The summed E-state index contributed by atoms with van der Waals surface area (Å²) in [5.41, 5.74) is 1.55. The van der Waals surface area contributed by atoms with E-state index in [0.29, 0.717) is 0 Å². The zero-order chi connectivity index (χ0) is 14.7. The normalized spacial score (nSPS) is 20.9. The highest BCUT2D eigenvalue weighted by Crippen LogP contribution is 2.30. The monoisotopic (exact) mass is 284 g/mol. The number of allylic oxidation sites excluding steroid dienone is 1. The van der Waals surface area contributed by atoms with Gasteiger partial charge in [-0.15, -0.1) is 0 Å². The van der Waals surface area contributed by atoms with Crippen LogP contribution >= 0.6 is 0 Å². The van der Waals surface area contributed by atoms with Crippen molar-refractivity contribution in [1.29, 1.82) is 0 Å². The maximum atomic E-state index is 12.1. The lowest BCUT2D eigenvalue weighted by Crippen LogP contribution is -2.22. The molecule has 0 aliphatic heterocycles. The second-order valence-electron chi connectivity index (χ2n) is 5.80. The minimum Gasteiger partial charge on any atom is -0.326 e. The van der Waals surface area contributed by atoms with Gasteiger partial charge in [0.2, 0.25) is 11.8 Å². The minimum absolute atomic E-state index is 0.0204. The number of hydrogen-bond acceptors (Lipinski definition) is 2. The molecule has 1 aromatic rings. The average molecular weight is 284 g/mol. The Morgan fingerprint density at radius 1 is 0.905 bits per heavy atom. The maximum Gasteiger partial charge on any atom is 0.231 e. The number of anilines is 2. The van der Waals surface area contributed by atoms with Crippen LogP contribution in [0.2, 0.25) is 0 Å². The second kappa shape index (κ2) is 6.12. The highest BCUT2D eigenvalue weighted by atomic mass is 16.2. The number of carbonyl (C=O) groups is 2. The van der Waals surface area contributed by atoms with Crippen molar-refractivity contribution in [3.63, 3.8) is 0 Å². The van der Waals surface area contributed by atoms with Crippen LogP contribution in [0.15, 0.2) is 36.4 Å². The van der Waals surface area contributed by atoms with Crippen LogP contribution in [0.4, 0.5) is 11.4 Å². The van der Waals surface area contributed by atoms with E-state index in [-0.39, 0.29) is 23.7 Å². The Balaban J connectivity index is 1.56. The van der Waals surface area contributed by atoms with Gasteiger partial charge in [-0.3, -0.25) is 9.59 Å². The van der Waals surface area contributed by atoms with Crippen molar-refractivity contribution in [3.05, 3.63) is 36.4 Å². The molecule has 110 valence electrons. The molecule has 21 heavy (non-hydrogen) atoms.